The van der Waals surface area contributed by atoms with Crippen molar-refractivity contribution in [3.8, 4) is 6.07 Å². The SMILES string of the molecule is CNc1ccc(Cl)cc1C(C)(C)C/C=C/c1ccc(N(C)CCC#N)cc1. The molecule has 4 heteroatoms. The molecule has 0 unspecified atom stereocenters. The predicted octanol–water partition coefficient (Wildman–Crippen LogP) is 6.11. The highest BCUT2D eigenvalue weighted by molar-refractivity contribution is 6.30. The largest absolute Gasteiger partial charge is 0.388 e. The summed E-state index contributed by atoms with van der Waals surface area (Å²) in [6.07, 6.45) is 5.82. The summed E-state index contributed by atoms with van der Waals surface area (Å²) < 4.78 is 0. The van der Waals surface area contributed by atoms with Crippen molar-refractivity contribution < 1.29 is 0 Å². The highest BCUT2D eigenvalue weighted by atomic mass is 35.5. The first-order valence-electron chi connectivity index (χ1n) is 9.20. The number of anilines is 2. The molecule has 0 amide bonds. The summed E-state index contributed by atoms with van der Waals surface area (Å²) >= 11 is 6.21. The van der Waals surface area contributed by atoms with Crippen molar-refractivity contribution in [2.24, 2.45) is 0 Å². The lowest BCUT2D eigenvalue weighted by Crippen LogP contribution is -2.18. The summed E-state index contributed by atoms with van der Waals surface area (Å²) in [5.41, 5.74) is 4.60. The zero-order valence-corrected chi connectivity index (χ0v) is 17.3. The van der Waals surface area contributed by atoms with Crippen LogP contribution in [0.3, 0.4) is 0 Å². The van der Waals surface area contributed by atoms with Crippen molar-refractivity contribution in [2.45, 2.75) is 32.1 Å². The Labute approximate surface area is 168 Å². The Hall–Kier alpha value is -2.44. The van der Waals surface area contributed by atoms with Crippen LogP contribution in [0.5, 0.6) is 0 Å². The highest BCUT2D eigenvalue weighted by Crippen LogP contribution is 2.35. The van der Waals surface area contributed by atoms with Gasteiger partial charge < -0.3 is 10.2 Å². The van der Waals surface area contributed by atoms with Gasteiger partial charge in [-0.05, 0) is 53.3 Å². The first-order valence-corrected chi connectivity index (χ1v) is 9.57. The number of rotatable bonds is 8. The lowest BCUT2D eigenvalue weighted by atomic mass is 9.80. The van der Waals surface area contributed by atoms with Crippen LogP contribution in [0.2, 0.25) is 5.02 Å². The number of nitrogens with one attached hydrogen (secondary N) is 1. The molecule has 0 aliphatic carbocycles. The van der Waals surface area contributed by atoms with E-state index >= 15 is 0 Å². The van der Waals surface area contributed by atoms with Gasteiger partial charge in [-0.1, -0.05) is 49.7 Å². The number of allylic oxidation sites excluding steroid dienone is 1. The first kappa shape index (κ1) is 20.9. The molecule has 0 aromatic heterocycles. The van der Waals surface area contributed by atoms with Gasteiger partial charge in [-0.2, -0.15) is 5.26 Å². The summed E-state index contributed by atoms with van der Waals surface area (Å²) in [4.78, 5) is 2.10. The Morgan fingerprint density at radius 3 is 2.52 bits per heavy atom. The summed E-state index contributed by atoms with van der Waals surface area (Å²) in [7, 11) is 3.95. The van der Waals surface area contributed by atoms with Gasteiger partial charge in [0.25, 0.3) is 0 Å². The molecule has 3 nitrogen and oxygen atoms in total. The van der Waals surface area contributed by atoms with E-state index in [-0.39, 0.29) is 5.41 Å². The van der Waals surface area contributed by atoms with Crippen molar-refractivity contribution >= 4 is 29.1 Å². The maximum atomic E-state index is 8.70. The van der Waals surface area contributed by atoms with E-state index in [2.05, 4.69) is 66.6 Å². The first-order chi connectivity index (χ1) is 12.9. The van der Waals surface area contributed by atoms with Crippen LogP contribution < -0.4 is 10.2 Å². The summed E-state index contributed by atoms with van der Waals surface area (Å²) in [6.45, 7) is 5.21. The lowest BCUT2D eigenvalue weighted by Gasteiger charge is -2.27. The Kier molecular flexibility index (Phi) is 7.33. The van der Waals surface area contributed by atoms with E-state index in [1.165, 1.54) is 11.1 Å². The minimum atomic E-state index is -0.0306. The minimum absolute atomic E-state index is 0.0306. The van der Waals surface area contributed by atoms with E-state index in [1.807, 2.05) is 32.3 Å². The van der Waals surface area contributed by atoms with Gasteiger partial charge in [0.1, 0.15) is 0 Å². The molecule has 2 aromatic rings. The molecule has 1 N–H and O–H groups in total. The molecule has 142 valence electrons. The monoisotopic (exact) mass is 381 g/mol. The Morgan fingerprint density at radius 2 is 1.89 bits per heavy atom. The molecule has 0 bridgehead atoms. The predicted molar refractivity (Wildman–Crippen MR) is 118 cm³/mol. The number of hydrogen-bond acceptors (Lipinski definition) is 3. The van der Waals surface area contributed by atoms with Crippen LogP contribution >= 0.6 is 11.6 Å². The van der Waals surface area contributed by atoms with Crippen molar-refractivity contribution in [3.63, 3.8) is 0 Å². The normalized spacial score (nSPS) is 11.4. The summed E-state index contributed by atoms with van der Waals surface area (Å²) in [6, 6.07) is 16.6. The van der Waals surface area contributed by atoms with Gasteiger partial charge in [0, 0.05) is 37.0 Å². The molecule has 0 atom stereocenters. The quantitative estimate of drug-likeness (QED) is 0.599. The molecule has 0 saturated heterocycles. The third-order valence-electron chi connectivity index (χ3n) is 4.81. The Bertz CT molecular complexity index is 817. The van der Waals surface area contributed by atoms with E-state index < -0.39 is 0 Å². The molecule has 0 spiro atoms. The molecule has 0 fully saturated rings. The number of nitriles is 1. The topological polar surface area (TPSA) is 39.1 Å². The van der Waals surface area contributed by atoms with Crippen LogP contribution in [0.1, 0.15) is 37.8 Å². The third kappa shape index (κ3) is 5.77. The molecule has 0 aliphatic rings. The number of halogens is 1. The van der Waals surface area contributed by atoms with Gasteiger partial charge >= 0.3 is 0 Å². The molecule has 0 radical (unpaired) electrons. The zero-order chi connectivity index (χ0) is 19.9. The van der Waals surface area contributed by atoms with Crippen LogP contribution in [0.25, 0.3) is 6.08 Å². The van der Waals surface area contributed by atoms with E-state index in [9.17, 15) is 0 Å². The van der Waals surface area contributed by atoms with Crippen LogP contribution in [0.4, 0.5) is 11.4 Å². The van der Waals surface area contributed by atoms with Gasteiger partial charge in [-0.25, -0.2) is 0 Å². The van der Waals surface area contributed by atoms with Crippen molar-refractivity contribution in [1.82, 2.24) is 0 Å². The fraction of sp³-hybridized carbons (Fsp3) is 0.348. The average Bonchev–Trinajstić information content (AvgIpc) is 2.66. The maximum absolute atomic E-state index is 8.70. The van der Waals surface area contributed by atoms with Crippen LogP contribution in [0.15, 0.2) is 48.5 Å². The molecule has 27 heavy (non-hydrogen) atoms. The number of hydrogen-bond donors (Lipinski definition) is 1. The highest BCUT2D eigenvalue weighted by Gasteiger charge is 2.22. The summed E-state index contributed by atoms with van der Waals surface area (Å²) in [5.74, 6) is 0. The second-order valence-corrected chi connectivity index (χ2v) is 7.79. The molecule has 0 saturated carbocycles. The van der Waals surface area contributed by atoms with Gasteiger partial charge in [0.05, 0.1) is 12.5 Å². The second-order valence-electron chi connectivity index (χ2n) is 7.35. The minimum Gasteiger partial charge on any atom is -0.388 e. The molecular formula is C23H28ClN3. The maximum Gasteiger partial charge on any atom is 0.0640 e. The fourth-order valence-electron chi connectivity index (χ4n) is 3.08. The fourth-order valence-corrected chi connectivity index (χ4v) is 3.25. The molecule has 2 rings (SSSR count). The lowest BCUT2D eigenvalue weighted by molar-refractivity contribution is 0.536. The third-order valence-corrected chi connectivity index (χ3v) is 5.05. The standard InChI is InChI=1S/C23H28ClN3/c1-23(2,21-17-19(24)10-13-22(21)26-3)14-5-7-18-8-11-20(12-9-18)27(4)16-6-15-25/h5,7-13,17,26H,6,14,16H2,1-4H3/b7-5+. The average molecular weight is 382 g/mol. The second kappa shape index (κ2) is 9.48. The van der Waals surface area contributed by atoms with E-state index in [0.29, 0.717) is 6.42 Å². The van der Waals surface area contributed by atoms with Gasteiger partial charge in [0.2, 0.25) is 0 Å². The van der Waals surface area contributed by atoms with Crippen molar-refractivity contribution in [1.29, 1.82) is 5.26 Å². The van der Waals surface area contributed by atoms with E-state index in [0.717, 1.165) is 29.4 Å². The summed E-state index contributed by atoms with van der Waals surface area (Å²) in [5, 5.41) is 12.7. The van der Waals surface area contributed by atoms with Crippen molar-refractivity contribution in [3.05, 3.63) is 64.7 Å². The molecule has 2 aromatic carbocycles. The number of benzene rings is 2. The Morgan fingerprint density at radius 1 is 1.19 bits per heavy atom. The number of nitrogens with zero attached hydrogens (tertiary/aromatic N) is 2. The molecular weight excluding hydrogens is 354 g/mol. The van der Waals surface area contributed by atoms with Gasteiger partial charge in [-0.15, -0.1) is 0 Å². The smallest absolute Gasteiger partial charge is 0.0640 e. The zero-order valence-electron chi connectivity index (χ0n) is 16.6. The Balaban J connectivity index is 2.06. The molecule has 0 heterocycles. The van der Waals surface area contributed by atoms with E-state index in [4.69, 9.17) is 16.9 Å². The van der Waals surface area contributed by atoms with Gasteiger partial charge in [0.15, 0.2) is 0 Å². The van der Waals surface area contributed by atoms with Crippen LogP contribution in [-0.2, 0) is 5.41 Å². The van der Waals surface area contributed by atoms with Gasteiger partial charge in [-0.3, -0.25) is 0 Å². The molecule has 0 aliphatic heterocycles. The van der Waals surface area contributed by atoms with Crippen LogP contribution in [-0.4, -0.2) is 20.6 Å². The van der Waals surface area contributed by atoms with Crippen LogP contribution in [0, 0.1) is 11.3 Å². The van der Waals surface area contributed by atoms with E-state index in [1.54, 1.807) is 0 Å². The van der Waals surface area contributed by atoms with Crippen molar-refractivity contribution in [2.75, 3.05) is 30.9 Å².